The number of nitrogens with zero attached hydrogens (tertiary/aromatic N) is 1. The van der Waals surface area contributed by atoms with Crippen molar-refractivity contribution >= 4 is 0 Å². The van der Waals surface area contributed by atoms with Crippen molar-refractivity contribution in [1.29, 1.82) is 0 Å². The lowest BCUT2D eigenvalue weighted by atomic mass is 10.1. The Morgan fingerprint density at radius 3 is 2.87 bits per heavy atom. The van der Waals surface area contributed by atoms with E-state index in [9.17, 15) is 0 Å². The lowest BCUT2D eigenvalue weighted by Gasteiger charge is -2.31. The second-order valence-corrected chi connectivity index (χ2v) is 4.17. The first-order chi connectivity index (χ1) is 7.38. The van der Waals surface area contributed by atoms with Crippen LogP contribution in [0.15, 0.2) is 22.8 Å². The summed E-state index contributed by atoms with van der Waals surface area (Å²) < 4.78 is 5.29. The molecule has 3 heteroatoms. The van der Waals surface area contributed by atoms with E-state index in [4.69, 9.17) is 4.42 Å². The molecule has 1 fully saturated rings. The van der Waals surface area contributed by atoms with Crippen LogP contribution in [0.4, 0.5) is 0 Å². The van der Waals surface area contributed by atoms with E-state index in [1.54, 1.807) is 6.26 Å². The minimum absolute atomic E-state index is 0.665. The van der Waals surface area contributed by atoms with Gasteiger partial charge in [-0.15, -0.1) is 0 Å². The summed E-state index contributed by atoms with van der Waals surface area (Å²) in [6, 6.07) is 4.63. The molecule has 1 aromatic heterocycles. The summed E-state index contributed by atoms with van der Waals surface area (Å²) in [5.74, 6) is 1.04. The van der Waals surface area contributed by atoms with Gasteiger partial charge in [0.1, 0.15) is 5.76 Å². The number of nitrogens with one attached hydrogen (secondary N) is 1. The zero-order valence-corrected chi connectivity index (χ0v) is 9.41. The van der Waals surface area contributed by atoms with Crippen LogP contribution in [0.25, 0.3) is 0 Å². The van der Waals surface area contributed by atoms with Crippen LogP contribution in [-0.4, -0.2) is 30.6 Å². The van der Waals surface area contributed by atoms with Gasteiger partial charge in [0.25, 0.3) is 0 Å². The minimum atomic E-state index is 0.665. The normalized spacial score (nSPS) is 19.5. The van der Waals surface area contributed by atoms with Crippen molar-refractivity contribution in [3.8, 4) is 0 Å². The fourth-order valence-electron chi connectivity index (χ4n) is 2.11. The van der Waals surface area contributed by atoms with Gasteiger partial charge in [-0.25, -0.2) is 0 Å². The van der Waals surface area contributed by atoms with E-state index in [0.717, 1.165) is 12.3 Å². The number of piperidine rings is 1. The lowest BCUT2D eigenvalue weighted by Crippen LogP contribution is -2.41. The Kier molecular flexibility index (Phi) is 3.80. The maximum Gasteiger partial charge on any atom is 0.117 e. The van der Waals surface area contributed by atoms with E-state index in [1.165, 1.54) is 32.5 Å². The van der Waals surface area contributed by atoms with Gasteiger partial charge in [-0.3, -0.25) is 0 Å². The molecule has 0 aromatic carbocycles. The van der Waals surface area contributed by atoms with Gasteiger partial charge < -0.3 is 14.6 Å². The van der Waals surface area contributed by atoms with Crippen molar-refractivity contribution < 1.29 is 4.42 Å². The Morgan fingerprint density at radius 1 is 1.47 bits per heavy atom. The van der Waals surface area contributed by atoms with Crippen molar-refractivity contribution in [3.63, 3.8) is 0 Å². The van der Waals surface area contributed by atoms with Crippen molar-refractivity contribution in [1.82, 2.24) is 10.2 Å². The summed E-state index contributed by atoms with van der Waals surface area (Å²) in [7, 11) is 0. The van der Waals surface area contributed by atoms with Crippen LogP contribution in [0.1, 0.15) is 25.5 Å². The lowest BCUT2D eigenvalue weighted by molar-refractivity contribution is 0.204. The van der Waals surface area contributed by atoms with Crippen LogP contribution in [-0.2, 0) is 6.54 Å². The van der Waals surface area contributed by atoms with E-state index in [0.29, 0.717) is 6.04 Å². The van der Waals surface area contributed by atoms with Crippen LogP contribution in [0.5, 0.6) is 0 Å². The highest BCUT2D eigenvalue weighted by molar-refractivity contribution is 4.97. The number of rotatable bonds is 4. The van der Waals surface area contributed by atoms with Gasteiger partial charge >= 0.3 is 0 Å². The predicted octanol–water partition coefficient (Wildman–Crippen LogP) is 1.85. The number of hydrogen-bond acceptors (Lipinski definition) is 3. The fourth-order valence-corrected chi connectivity index (χ4v) is 2.11. The molecule has 0 amide bonds. The van der Waals surface area contributed by atoms with E-state index in [-0.39, 0.29) is 0 Å². The van der Waals surface area contributed by atoms with Crippen LogP contribution >= 0.6 is 0 Å². The highest BCUT2D eigenvalue weighted by Gasteiger charge is 2.17. The van der Waals surface area contributed by atoms with Gasteiger partial charge in [0, 0.05) is 6.04 Å². The largest absolute Gasteiger partial charge is 0.468 e. The van der Waals surface area contributed by atoms with E-state index < -0.39 is 0 Å². The maximum absolute atomic E-state index is 5.29. The molecular formula is C12H20N2O. The van der Waals surface area contributed by atoms with Crippen LogP contribution in [0.2, 0.25) is 0 Å². The zero-order chi connectivity index (χ0) is 10.5. The molecule has 1 aromatic rings. The first kappa shape index (κ1) is 10.7. The molecule has 0 aliphatic carbocycles. The summed E-state index contributed by atoms with van der Waals surface area (Å²) in [6.07, 6.45) is 4.25. The molecule has 1 N–H and O–H groups in total. The summed E-state index contributed by atoms with van der Waals surface area (Å²) in [4.78, 5) is 2.51. The Morgan fingerprint density at radius 2 is 2.27 bits per heavy atom. The number of likely N-dealkylation sites (tertiary alicyclic amines) is 1. The third kappa shape index (κ3) is 3.08. The molecule has 2 rings (SSSR count). The predicted molar refractivity (Wildman–Crippen MR) is 60.7 cm³/mol. The summed E-state index contributed by atoms with van der Waals surface area (Å²) in [6.45, 7) is 6.74. The van der Waals surface area contributed by atoms with E-state index in [2.05, 4.69) is 17.1 Å². The van der Waals surface area contributed by atoms with Gasteiger partial charge in [-0.2, -0.15) is 0 Å². The molecule has 2 heterocycles. The third-order valence-corrected chi connectivity index (χ3v) is 3.18. The van der Waals surface area contributed by atoms with Crippen LogP contribution in [0.3, 0.4) is 0 Å². The molecule has 0 radical (unpaired) electrons. The average Bonchev–Trinajstić information content (AvgIpc) is 2.80. The van der Waals surface area contributed by atoms with Crippen molar-refractivity contribution in [2.75, 3.05) is 19.6 Å². The molecular weight excluding hydrogens is 188 g/mol. The van der Waals surface area contributed by atoms with Gasteiger partial charge in [0.15, 0.2) is 0 Å². The molecule has 1 saturated heterocycles. The van der Waals surface area contributed by atoms with Crippen molar-refractivity contribution in [2.24, 2.45) is 0 Å². The first-order valence-corrected chi connectivity index (χ1v) is 5.86. The standard InChI is InChI=1S/C12H20N2O/c1-2-14-7-5-11(6-8-14)13-10-12-4-3-9-15-12/h3-4,9,11,13H,2,5-8,10H2,1H3. The highest BCUT2D eigenvalue weighted by atomic mass is 16.3. The van der Waals surface area contributed by atoms with Crippen molar-refractivity contribution in [3.05, 3.63) is 24.2 Å². The summed E-state index contributed by atoms with van der Waals surface area (Å²) >= 11 is 0. The van der Waals surface area contributed by atoms with Gasteiger partial charge in [0.2, 0.25) is 0 Å². The van der Waals surface area contributed by atoms with Crippen molar-refractivity contribution in [2.45, 2.75) is 32.4 Å². The smallest absolute Gasteiger partial charge is 0.117 e. The molecule has 3 nitrogen and oxygen atoms in total. The molecule has 0 atom stereocenters. The Hall–Kier alpha value is -0.800. The SMILES string of the molecule is CCN1CCC(NCc2ccco2)CC1. The first-order valence-electron chi connectivity index (χ1n) is 5.86. The van der Waals surface area contributed by atoms with Gasteiger partial charge in [0.05, 0.1) is 12.8 Å². The zero-order valence-electron chi connectivity index (χ0n) is 9.41. The fraction of sp³-hybridized carbons (Fsp3) is 0.667. The minimum Gasteiger partial charge on any atom is -0.468 e. The second kappa shape index (κ2) is 5.33. The summed E-state index contributed by atoms with van der Waals surface area (Å²) in [5.41, 5.74) is 0. The van der Waals surface area contributed by atoms with Crippen LogP contribution in [0, 0.1) is 0 Å². The quantitative estimate of drug-likeness (QED) is 0.818. The highest BCUT2D eigenvalue weighted by Crippen LogP contribution is 2.10. The molecule has 0 unspecified atom stereocenters. The Balaban J connectivity index is 1.69. The van der Waals surface area contributed by atoms with E-state index in [1.807, 2.05) is 12.1 Å². The number of furan rings is 1. The molecule has 0 bridgehead atoms. The molecule has 84 valence electrons. The van der Waals surface area contributed by atoms with Crippen LogP contribution < -0.4 is 5.32 Å². The maximum atomic E-state index is 5.29. The third-order valence-electron chi connectivity index (χ3n) is 3.18. The average molecular weight is 208 g/mol. The van der Waals surface area contributed by atoms with E-state index >= 15 is 0 Å². The molecule has 0 saturated carbocycles. The molecule has 15 heavy (non-hydrogen) atoms. The Bertz CT molecular complexity index is 263. The molecule has 0 spiro atoms. The molecule has 1 aliphatic rings. The monoisotopic (exact) mass is 208 g/mol. The summed E-state index contributed by atoms with van der Waals surface area (Å²) in [5, 5.41) is 3.55. The second-order valence-electron chi connectivity index (χ2n) is 4.17. The topological polar surface area (TPSA) is 28.4 Å². The Labute approximate surface area is 91.4 Å². The van der Waals surface area contributed by atoms with Gasteiger partial charge in [-0.05, 0) is 44.6 Å². The molecule has 1 aliphatic heterocycles. The van der Waals surface area contributed by atoms with Gasteiger partial charge in [-0.1, -0.05) is 6.92 Å². The number of hydrogen-bond donors (Lipinski definition) is 1.